The van der Waals surface area contributed by atoms with Gasteiger partial charge in [-0.05, 0) is 54.6 Å². The average molecular weight is 479 g/mol. The summed E-state index contributed by atoms with van der Waals surface area (Å²) in [6, 6.07) is 15.7. The van der Waals surface area contributed by atoms with Crippen molar-refractivity contribution in [1.29, 1.82) is 0 Å². The number of hydrogen-bond donors (Lipinski definition) is 2. The number of halogens is 2. The van der Waals surface area contributed by atoms with Crippen LogP contribution in [-0.4, -0.2) is 34.6 Å². The first-order valence-electron chi connectivity index (χ1n) is 9.42. The highest BCUT2D eigenvalue weighted by Crippen LogP contribution is 2.26. The van der Waals surface area contributed by atoms with E-state index >= 15 is 0 Å². The minimum atomic E-state index is -4.02. The van der Waals surface area contributed by atoms with Crippen molar-refractivity contribution in [3.63, 3.8) is 0 Å². The number of nitrogens with one attached hydrogen (secondary N) is 2. The van der Waals surface area contributed by atoms with Crippen molar-refractivity contribution in [2.75, 3.05) is 25.0 Å². The summed E-state index contributed by atoms with van der Waals surface area (Å²) < 4.78 is 51.4. The zero-order chi connectivity index (χ0) is 23.1. The Morgan fingerprint density at radius 1 is 1.03 bits per heavy atom. The van der Waals surface area contributed by atoms with E-state index in [0.29, 0.717) is 11.5 Å². The van der Waals surface area contributed by atoms with E-state index in [9.17, 15) is 17.6 Å². The van der Waals surface area contributed by atoms with Crippen molar-refractivity contribution in [2.45, 2.75) is 4.90 Å². The molecule has 0 aliphatic carbocycles. The van der Waals surface area contributed by atoms with Gasteiger partial charge in [-0.15, -0.1) is 0 Å². The van der Waals surface area contributed by atoms with Crippen LogP contribution in [0.15, 0.2) is 71.6 Å². The molecule has 10 heteroatoms. The lowest BCUT2D eigenvalue weighted by Gasteiger charge is -2.12. The van der Waals surface area contributed by atoms with Crippen molar-refractivity contribution in [3.05, 3.63) is 83.1 Å². The lowest BCUT2D eigenvalue weighted by molar-refractivity contribution is 0.0946. The van der Waals surface area contributed by atoms with Crippen LogP contribution in [0.3, 0.4) is 0 Å². The first kappa shape index (κ1) is 23.4. The molecule has 0 spiro atoms. The van der Waals surface area contributed by atoms with Crippen LogP contribution in [0.25, 0.3) is 0 Å². The van der Waals surface area contributed by atoms with Crippen molar-refractivity contribution in [3.8, 4) is 11.5 Å². The summed E-state index contributed by atoms with van der Waals surface area (Å²) in [6.07, 6.45) is 0. The molecule has 32 heavy (non-hydrogen) atoms. The van der Waals surface area contributed by atoms with Gasteiger partial charge in [0.2, 0.25) is 0 Å². The molecule has 0 unspecified atom stereocenters. The molecule has 0 radical (unpaired) electrons. The number of ether oxygens (including phenoxy) is 2. The zero-order valence-corrected chi connectivity index (χ0v) is 18.5. The number of benzene rings is 3. The van der Waals surface area contributed by atoms with E-state index in [2.05, 4.69) is 10.0 Å². The van der Waals surface area contributed by atoms with Gasteiger partial charge in [0, 0.05) is 5.69 Å². The molecule has 0 fully saturated rings. The highest BCUT2D eigenvalue weighted by Gasteiger charge is 2.19. The second-order valence-corrected chi connectivity index (χ2v) is 8.60. The quantitative estimate of drug-likeness (QED) is 0.452. The lowest BCUT2D eigenvalue weighted by Crippen LogP contribution is -2.28. The third-order valence-electron chi connectivity index (χ3n) is 4.30. The Balaban J connectivity index is 1.65. The van der Waals surface area contributed by atoms with Crippen molar-refractivity contribution < 1.29 is 27.1 Å². The predicted molar refractivity (Wildman–Crippen MR) is 119 cm³/mol. The Kier molecular flexibility index (Phi) is 7.55. The number of anilines is 1. The molecule has 3 rings (SSSR count). The van der Waals surface area contributed by atoms with Crippen LogP contribution in [0.2, 0.25) is 5.02 Å². The number of hydrogen-bond acceptors (Lipinski definition) is 5. The third kappa shape index (κ3) is 5.89. The number of sulfonamides is 1. The van der Waals surface area contributed by atoms with Gasteiger partial charge in [0.15, 0.2) is 11.5 Å². The normalized spacial score (nSPS) is 11.0. The summed E-state index contributed by atoms with van der Waals surface area (Å²) in [4.78, 5) is 12.4. The van der Waals surface area contributed by atoms with Gasteiger partial charge in [-0.1, -0.05) is 23.7 Å². The number of rotatable bonds is 9. The zero-order valence-electron chi connectivity index (χ0n) is 17.0. The molecule has 0 bridgehead atoms. The minimum absolute atomic E-state index is 0.00839. The average Bonchev–Trinajstić information content (AvgIpc) is 2.78. The number of amides is 1. The van der Waals surface area contributed by atoms with Crippen LogP contribution in [0.5, 0.6) is 11.5 Å². The molecule has 0 aromatic heterocycles. The number of methoxy groups -OCH3 is 1. The maximum Gasteiger partial charge on any atom is 0.261 e. The molecule has 3 aromatic rings. The standard InChI is InChI=1S/C22H20ClFN2O5S/c1-30-20-4-2-3-5-21(20)31-13-12-25-22(27)18-14-17(10-11-19(18)23)32(28,29)26-16-8-6-15(24)7-9-16/h2-11,14,26H,12-13H2,1H3,(H,25,27). The molecular weight excluding hydrogens is 459 g/mol. The first-order valence-corrected chi connectivity index (χ1v) is 11.3. The largest absolute Gasteiger partial charge is 0.493 e. The molecular formula is C22H20ClFN2O5S. The molecule has 1 amide bonds. The van der Waals surface area contributed by atoms with Gasteiger partial charge in [-0.2, -0.15) is 0 Å². The summed E-state index contributed by atoms with van der Waals surface area (Å²) >= 11 is 6.10. The molecule has 0 aliphatic rings. The molecule has 0 saturated heterocycles. The molecule has 3 aromatic carbocycles. The highest BCUT2D eigenvalue weighted by atomic mass is 35.5. The number of para-hydroxylation sites is 2. The van der Waals surface area contributed by atoms with E-state index in [0.717, 1.165) is 12.1 Å². The van der Waals surface area contributed by atoms with E-state index in [1.807, 2.05) is 0 Å². The fourth-order valence-electron chi connectivity index (χ4n) is 2.74. The summed E-state index contributed by atoms with van der Waals surface area (Å²) in [7, 11) is -2.49. The maximum absolute atomic E-state index is 13.0. The smallest absolute Gasteiger partial charge is 0.261 e. The van der Waals surface area contributed by atoms with Gasteiger partial charge >= 0.3 is 0 Å². The van der Waals surface area contributed by atoms with Gasteiger partial charge in [0.05, 0.1) is 29.1 Å². The molecule has 0 atom stereocenters. The summed E-state index contributed by atoms with van der Waals surface area (Å²) in [5.74, 6) is 0.0428. The molecule has 0 aliphatic heterocycles. The topological polar surface area (TPSA) is 93.7 Å². The second-order valence-electron chi connectivity index (χ2n) is 6.51. The summed E-state index contributed by atoms with van der Waals surface area (Å²) in [6.45, 7) is 0.311. The monoisotopic (exact) mass is 478 g/mol. The maximum atomic E-state index is 13.0. The molecule has 168 valence electrons. The first-order chi connectivity index (χ1) is 15.3. The van der Waals surface area contributed by atoms with Crippen LogP contribution in [-0.2, 0) is 10.0 Å². The molecule has 2 N–H and O–H groups in total. The van der Waals surface area contributed by atoms with E-state index < -0.39 is 21.7 Å². The van der Waals surface area contributed by atoms with Gasteiger partial charge in [0.1, 0.15) is 12.4 Å². The van der Waals surface area contributed by atoms with E-state index in [-0.39, 0.29) is 34.3 Å². The Hall–Kier alpha value is -3.30. The van der Waals surface area contributed by atoms with E-state index in [1.165, 1.54) is 37.4 Å². The van der Waals surface area contributed by atoms with Crippen LogP contribution >= 0.6 is 11.6 Å². The van der Waals surface area contributed by atoms with Crippen LogP contribution in [0.4, 0.5) is 10.1 Å². The van der Waals surface area contributed by atoms with Crippen LogP contribution in [0.1, 0.15) is 10.4 Å². The molecule has 0 saturated carbocycles. The number of carbonyl (C=O) groups excluding carboxylic acids is 1. The van der Waals surface area contributed by atoms with Crippen LogP contribution < -0.4 is 19.5 Å². The van der Waals surface area contributed by atoms with Crippen molar-refractivity contribution in [1.82, 2.24) is 5.32 Å². The Morgan fingerprint density at radius 2 is 1.72 bits per heavy atom. The fourth-order valence-corrected chi connectivity index (χ4v) is 4.02. The number of carbonyl (C=O) groups is 1. The Bertz CT molecular complexity index is 1200. The molecule has 7 nitrogen and oxygen atoms in total. The van der Waals surface area contributed by atoms with Gasteiger partial charge in [-0.3, -0.25) is 9.52 Å². The van der Waals surface area contributed by atoms with Crippen molar-refractivity contribution >= 4 is 33.2 Å². The fraction of sp³-hybridized carbons (Fsp3) is 0.136. The lowest BCUT2D eigenvalue weighted by atomic mass is 10.2. The van der Waals surface area contributed by atoms with Crippen LogP contribution in [0, 0.1) is 5.82 Å². The van der Waals surface area contributed by atoms with Gasteiger partial charge in [-0.25, -0.2) is 12.8 Å². The van der Waals surface area contributed by atoms with E-state index in [1.54, 1.807) is 24.3 Å². The highest BCUT2D eigenvalue weighted by molar-refractivity contribution is 7.92. The van der Waals surface area contributed by atoms with E-state index in [4.69, 9.17) is 21.1 Å². The minimum Gasteiger partial charge on any atom is -0.493 e. The Labute approximate surface area is 190 Å². The van der Waals surface area contributed by atoms with Gasteiger partial charge in [0.25, 0.3) is 15.9 Å². The van der Waals surface area contributed by atoms with Crippen molar-refractivity contribution in [2.24, 2.45) is 0 Å². The SMILES string of the molecule is COc1ccccc1OCCNC(=O)c1cc(S(=O)(=O)Nc2ccc(F)cc2)ccc1Cl. The van der Waals surface area contributed by atoms with Gasteiger partial charge < -0.3 is 14.8 Å². The molecule has 0 heterocycles. The summed E-state index contributed by atoms with van der Waals surface area (Å²) in [5.41, 5.74) is 0.173. The Morgan fingerprint density at radius 3 is 2.41 bits per heavy atom. The summed E-state index contributed by atoms with van der Waals surface area (Å²) in [5, 5.41) is 2.73. The second kappa shape index (κ2) is 10.3. The third-order valence-corrected chi connectivity index (χ3v) is 6.01. The predicted octanol–water partition coefficient (Wildman–Crippen LogP) is 4.10.